The van der Waals surface area contributed by atoms with Crippen molar-refractivity contribution in [1.82, 2.24) is 4.90 Å². The first-order valence-electron chi connectivity index (χ1n) is 6.63. The summed E-state index contributed by atoms with van der Waals surface area (Å²) in [6.45, 7) is 8.11. The number of alkyl halides is 1. The molecule has 0 aromatic heterocycles. The lowest BCUT2D eigenvalue weighted by Gasteiger charge is -2.38. The number of hydrogen-bond donors (Lipinski definition) is 0. The Labute approximate surface area is 98.1 Å². The zero-order valence-electron chi connectivity index (χ0n) is 10.5. The summed E-state index contributed by atoms with van der Waals surface area (Å²) >= 11 is 0. The molecular weight excluding hydrogens is 205 g/mol. The largest absolute Gasteiger partial charge is 0.374 e. The Kier molecular flexibility index (Phi) is 4.20. The van der Waals surface area contributed by atoms with E-state index >= 15 is 0 Å². The Balaban J connectivity index is 1.80. The van der Waals surface area contributed by atoms with Crippen molar-refractivity contribution < 1.29 is 9.13 Å². The molecule has 4 atom stereocenters. The molecule has 0 saturated carbocycles. The van der Waals surface area contributed by atoms with Gasteiger partial charge in [0.15, 0.2) is 0 Å². The summed E-state index contributed by atoms with van der Waals surface area (Å²) in [4.78, 5) is 2.49. The second kappa shape index (κ2) is 5.46. The normalized spacial score (nSPS) is 42.2. The molecule has 0 radical (unpaired) electrons. The number of nitrogens with zero attached hydrogens (tertiary/aromatic N) is 1. The van der Waals surface area contributed by atoms with Gasteiger partial charge in [-0.3, -0.25) is 0 Å². The summed E-state index contributed by atoms with van der Waals surface area (Å²) in [6, 6.07) is 0. The van der Waals surface area contributed by atoms with Crippen LogP contribution in [-0.4, -0.2) is 43.4 Å². The second-order valence-electron chi connectivity index (χ2n) is 5.69. The van der Waals surface area contributed by atoms with E-state index in [0.717, 1.165) is 12.5 Å². The van der Waals surface area contributed by atoms with Gasteiger partial charge in [-0.2, -0.15) is 0 Å². The first kappa shape index (κ1) is 12.3. The quantitative estimate of drug-likeness (QED) is 0.721. The monoisotopic (exact) mass is 229 g/mol. The van der Waals surface area contributed by atoms with Gasteiger partial charge in [0.1, 0.15) is 6.17 Å². The molecule has 0 amide bonds. The van der Waals surface area contributed by atoms with Crippen LogP contribution in [0, 0.1) is 11.8 Å². The zero-order chi connectivity index (χ0) is 11.5. The molecule has 2 saturated heterocycles. The minimum atomic E-state index is -0.744. The minimum absolute atomic E-state index is 0.247. The van der Waals surface area contributed by atoms with E-state index in [1.54, 1.807) is 0 Å². The van der Waals surface area contributed by atoms with Crippen LogP contribution >= 0.6 is 0 Å². The van der Waals surface area contributed by atoms with Crippen LogP contribution in [0.2, 0.25) is 0 Å². The van der Waals surface area contributed by atoms with E-state index in [-0.39, 0.29) is 6.10 Å². The van der Waals surface area contributed by atoms with Crippen LogP contribution in [0.4, 0.5) is 4.39 Å². The number of hydrogen-bond acceptors (Lipinski definition) is 2. The van der Waals surface area contributed by atoms with E-state index in [1.807, 2.05) is 0 Å². The fourth-order valence-corrected chi connectivity index (χ4v) is 2.96. The van der Waals surface area contributed by atoms with Gasteiger partial charge >= 0.3 is 0 Å². The van der Waals surface area contributed by atoms with E-state index in [1.165, 1.54) is 25.9 Å². The van der Waals surface area contributed by atoms with Crippen LogP contribution < -0.4 is 0 Å². The van der Waals surface area contributed by atoms with Gasteiger partial charge in [0.05, 0.1) is 12.7 Å². The minimum Gasteiger partial charge on any atom is -0.374 e. The number of ether oxygens (including phenoxy) is 1. The lowest BCUT2D eigenvalue weighted by molar-refractivity contribution is -0.0752. The van der Waals surface area contributed by atoms with Crippen LogP contribution in [0.5, 0.6) is 0 Å². The van der Waals surface area contributed by atoms with Gasteiger partial charge in [0.25, 0.3) is 0 Å². The summed E-state index contributed by atoms with van der Waals surface area (Å²) in [5.74, 6) is 1.17. The Morgan fingerprint density at radius 2 is 2.19 bits per heavy atom. The predicted octanol–water partition coefficient (Wildman–Crippen LogP) is 2.48. The highest BCUT2D eigenvalue weighted by Crippen LogP contribution is 2.25. The topological polar surface area (TPSA) is 12.5 Å². The molecule has 0 aliphatic carbocycles. The van der Waals surface area contributed by atoms with Crippen LogP contribution in [0.3, 0.4) is 0 Å². The lowest BCUT2D eigenvalue weighted by Crippen LogP contribution is -2.45. The molecule has 0 unspecified atom stereocenters. The molecule has 2 heterocycles. The second-order valence-corrected chi connectivity index (χ2v) is 5.69. The molecule has 2 rings (SSSR count). The van der Waals surface area contributed by atoms with E-state index in [9.17, 15) is 4.39 Å². The smallest absolute Gasteiger partial charge is 0.124 e. The van der Waals surface area contributed by atoms with Crippen molar-refractivity contribution in [2.75, 3.05) is 26.2 Å². The predicted molar refractivity (Wildman–Crippen MR) is 63.3 cm³/mol. The third-order valence-corrected chi connectivity index (χ3v) is 3.93. The number of halogens is 1. The summed E-state index contributed by atoms with van der Waals surface area (Å²) in [5.41, 5.74) is 0. The SMILES string of the molecule is C[C@@H]1CCCN(C[C@@H]2OC[C@H](F)C[C@H]2C)C1. The molecule has 2 fully saturated rings. The van der Waals surface area contributed by atoms with Crippen molar-refractivity contribution in [1.29, 1.82) is 0 Å². The summed E-state index contributed by atoms with van der Waals surface area (Å²) < 4.78 is 18.7. The maximum atomic E-state index is 13.1. The standard InChI is InChI=1S/C13H24FNO/c1-10-4-3-5-15(7-10)8-13-11(2)6-12(14)9-16-13/h10-13H,3-9H2,1-2H3/t10-,11-,12-,13+/m1/s1. The van der Waals surface area contributed by atoms with Crippen molar-refractivity contribution in [3.8, 4) is 0 Å². The Bertz CT molecular complexity index is 224. The van der Waals surface area contributed by atoms with Crippen LogP contribution in [0.1, 0.15) is 33.1 Å². The van der Waals surface area contributed by atoms with Crippen molar-refractivity contribution >= 4 is 0 Å². The molecule has 3 heteroatoms. The molecule has 2 nitrogen and oxygen atoms in total. The summed E-state index contributed by atoms with van der Waals surface area (Å²) in [5, 5.41) is 0. The third kappa shape index (κ3) is 3.17. The first-order chi connectivity index (χ1) is 7.65. The molecule has 0 spiro atoms. The molecule has 0 N–H and O–H groups in total. The van der Waals surface area contributed by atoms with E-state index in [2.05, 4.69) is 18.7 Å². The lowest BCUT2D eigenvalue weighted by atomic mass is 9.93. The van der Waals surface area contributed by atoms with Gasteiger partial charge in [0, 0.05) is 13.1 Å². The van der Waals surface area contributed by atoms with Gasteiger partial charge in [-0.15, -0.1) is 0 Å². The number of likely N-dealkylation sites (tertiary alicyclic amines) is 1. The summed E-state index contributed by atoms with van der Waals surface area (Å²) in [7, 11) is 0. The maximum absolute atomic E-state index is 13.1. The molecule has 0 aromatic carbocycles. The number of rotatable bonds is 2. The molecular formula is C13H24FNO. The highest BCUT2D eigenvalue weighted by molar-refractivity contribution is 4.80. The Morgan fingerprint density at radius 1 is 1.38 bits per heavy atom. The van der Waals surface area contributed by atoms with Gasteiger partial charge in [0.2, 0.25) is 0 Å². The van der Waals surface area contributed by atoms with Gasteiger partial charge < -0.3 is 9.64 Å². The molecule has 0 bridgehead atoms. The van der Waals surface area contributed by atoms with Gasteiger partial charge in [-0.25, -0.2) is 4.39 Å². The third-order valence-electron chi connectivity index (χ3n) is 3.93. The van der Waals surface area contributed by atoms with Crippen LogP contribution in [0.25, 0.3) is 0 Å². The Morgan fingerprint density at radius 3 is 2.88 bits per heavy atom. The maximum Gasteiger partial charge on any atom is 0.124 e. The fraction of sp³-hybridized carbons (Fsp3) is 1.00. The van der Waals surface area contributed by atoms with Crippen LogP contribution in [-0.2, 0) is 4.74 Å². The average Bonchev–Trinajstić information content (AvgIpc) is 2.22. The van der Waals surface area contributed by atoms with E-state index in [0.29, 0.717) is 18.9 Å². The summed E-state index contributed by atoms with van der Waals surface area (Å²) in [6.07, 6.45) is 2.83. The van der Waals surface area contributed by atoms with E-state index in [4.69, 9.17) is 4.74 Å². The highest BCUT2D eigenvalue weighted by Gasteiger charge is 2.30. The van der Waals surface area contributed by atoms with Gasteiger partial charge in [-0.05, 0) is 37.6 Å². The van der Waals surface area contributed by atoms with Crippen molar-refractivity contribution in [3.63, 3.8) is 0 Å². The van der Waals surface area contributed by atoms with Crippen LogP contribution in [0.15, 0.2) is 0 Å². The molecule has 2 aliphatic rings. The fourth-order valence-electron chi connectivity index (χ4n) is 2.96. The van der Waals surface area contributed by atoms with Crippen molar-refractivity contribution in [2.45, 2.75) is 45.4 Å². The Hall–Kier alpha value is -0.150. The number of piperidine rings is 1. The molecule has 16 heavy (non-hydrogen) atoms. The molecule has 2 aliphatic heterocycles. The van der Waals surface area contributed by atoms with Crippen molar-refractivity contribution in [3.05, 3.63) is 0 Å². The van der Waals surface area contributed by atoms with E-state index < -0.39 is 6.17 Å². The molecule has 0 aromatic rings. The average molecular weight is 229 g/mol. The zero-order valence-corrected chi connectivity index (χ0v) is 10.5. The highest BCUT2D eigenvalue weighted by atomic mass is 19.1. The molecule has 94 valence electrons. The van der Waals surface area contributed by atoms with Crippen molar-refractivity contribution in [2.24, 2.45) is 11.8 Å². The first-order valence-corrected chi connectivity index (χ1v) is 6.63. The van der Waals surface area contributed by atoms with Gasteiger partial charge in [-0.1, -0.05) is 13.8 Å².